The normalized spacial score (nSPS) is 18.4. The number of carbonyl (C=O) groups excluding carboxylic acids is 2. The monoisotopic (exact) mass is 365 g/mol. The molecule has 2 atom stereocenters. The molecule has 2 unspecified atom stereocenters. The smallest absolute Gasteiger partial charge is 0.341 e. The maximum atomic E-state index is 12.5. The van der Waals surface area contributed by atoms with Gasteiger partial charge in [0.1, 0.15) is 5.00 Å². The van der Waals surface area contributed by atoms with Crippen LogP contribution in [0.3, 0.4) is 0 Å². The molecule has 0 fully saturated rings. The molecule has 0 aliphatic heterocycles. The number of hydrogen-bond donors (Lipinski definition) is 1. The number of rotatable bonds is 5. The minimum absolute atomic E-state index is 0.0287. The van der Waals surface area contributed by atoms with Crippen molar-refractivity contribution in [2.75, 3.05) is 11.9 Å². The van der Waals surface area contributed by atoms with Crippen LogP contribution >= 0.6 is 11.3 Å². The standard InChI is InChI=1S/C20H31NO3S/c1-7-12(3)17(22)21-18-16(19(23)24-8-2)14-10-9-13(20(4,5)6)11-15(14)25-18/h12-13H,7-11H2,1-6H3,(H,21,22). The zero-order valence-corrected chi connectivity index (χ0v) is 17.1. The minimum Gasteiger partial charge on any atom is -0.462 e. The topological polar surface area (TPSA) is 55.4 Å². The third-order valence-corrected chi connectivity index (χ3v) is 6.44. The molecule has 0 aromatic carbocycles. The van der Waals surface area contributed by atoms with Crippen molar-refractivity contribution in [3.05, 3.63) is 16.0 Å². The lowest BCUT2D eigenvalue weighted by molar-refractivity contribution is -0.119. The highest BCUT2D eigenvalue weighted by atomic mass is 32.1. The van der Waals surface area contributed by atoms with Gasteiger partial charge in [0.25, 0.3) is 0 Å². The third-order valence-electron chi connectivity index (χ3n) is 5.27. The van der Waals surface area contributed by atoms with Gasteiger partial charge in [-0.15, -0.1) is 11.3 Å². The molecule has 25 heavy (non-hydrogen) atoms. The highest BCUT2D eigenvalue weighted by Crippen LogP contribution is 2.44. The van der Waals surface area contributed by atoms with Crippen LogP contribution in [-0.2, 0) is 22.4 Å². The van der Waals surface area contributed by atoms with Crippen LogP contribution in [0.5, 0.6) is 0 Å². The number of thiophene rings is 1. The summed E-state index contributed by atoms with van der Waals surface area (Å²) in [5.74, 6) is 0.177. The minimum atomic E-state index is -0.311. The lowest BCUT2D eigenvalue weighted by atomic mass is 9.72. The third kappa shape index (κ3) is 4.43. The molecule has 5 heteroatoms. The number of ether oxygens (including phenoxy) is 1. The van der Waals surface area contributed by atoms with Crippen molar-refractivity contribution in [1.82, 2.24) is 0 Å². The first-order valence-corrected chi connectivity index (χ1v) is 10.1. The molecule has 0 saturated carbocycles. The Balaban J connectivity index is 2.37. The van der Waals surface area contributed by atoms with E-state index in [2.05, 4.69) is 26.1 Å². The molecule has 2 rings (SSSR count). The van der Waals surface area contributed by atoms with E-state index in [1.54, 1.807) is 11.3 Å². The van der Waals surface area contributed by atoms with E-state index < -0.39 is 0 Å². The SMILES string of the molecule is CCOC(=O)c1c(NC(=O)C(C)CC)sc2c1CCC(C(C)(C)C)C2. The number of fused-ring (bicyclic) bond motifs is 1. The lowest BCUT2D eigenvalue weighted by Gasteiger charge is -2.33. The zero-order valence-electron chi connectivity index (χ0n) is 16.3. The van der Waals surface area contributed by atoms with Gasteiger partial charge in [-0.3, -0.25) is 4.79 Å². The predicted octanol–water partition coefficient (Wildman–Crippen LogP) is 5.06. The largest absolute Gasteiger partial charge is 0.462 e. The summed E-state index contributed by atoms with van der Waals surface area (Å²) in [5, 5.41) is 3.66. The summed E-state index contributed by atoms with van der Waals surface area (Å²) >= 11 is 1.56. The summed E-state index contributed by atoms with van der Waals surface area (Å²) in [6.45, 7) is 12.9. The van der Waals surface area contributed by atoms with E-state index in [-0.39, 0.29) is 23.2 Å². The summed E-state index contributed by atoms with van der Waals surface area (Å²) in [5.41, 5.74) is 1.92. The van der Waals surface area contributed by atoms with Crippen molar-refractivity contribution < 1.29 is 14.3 Å². The van der Waals surface area contributed by atoms with Crippen LogP contribution in [0.15, 0.2) is 0 Å². The zero-order chi connectivity index (χ0) is 18.8. The van der Waals surface area contributed by atoms with E-state index >= 15 is 0 Å². The van der Waals surface area contributed by atoms with E-state index in [4.69, 9.17) is 4.74 Å². The maximum Gasteiger partial charge on any atom is 0.341 e. The molecule has 140 valence electrons. The van der Waals surface area contributed by atoms with Crippen LogP contribution in [0.4, 0.5) is 5.00 Å². The second kappa shape index (κ2) is 7.90. The molecule has 1 aromatic heterocycles. The van der Waals surface area contributed by atoms with Crippen LogP contribution in [-0.4, -0.2) is 18.5 Å². The predicted molar refractivity (Wildman–Crippen MR) is 103 cm³/mol. The van der Waals surface area contributed by atoms with E-state index in [0.29, 0.717) is 23.1 Å². The Morgan fingerprint density at radius 2 is 2.00 bits per heavy atom. The summed E-state index contributed by atoms with van der Waals surface area (Å²) in [7, 11) is 0. The number of nitrogens with one attached hydrogen (secondary N) is 1. The quantitative estimate of drug-likeness (QED) is 0.742. The molecule has 1 aromatic rings. The Kier molecular flexibility index (Phi) is 6.30. The molecular weight excluding hydrogens is 334 g/mol. The average molecular weight is 366 g/mol. The van der Waals surface area contributed by atoms with Crippen molar-refractivity contribution >= 4 is 28.2 Å². The molecule has 0 saturated heterocycles. The summed E-state index contributed by atoms with van der Waals surface area (Å²) in [6.07, 6.45) is 3.69. The van der Waals surface area contributed by atoms with Crippen molar-refractivity contribution in [2.45, 2.75) is 67.2 Å². The maximum absolute atomic E-state index is 12.5. The second-order valence-electron chi connectivity index (χ2n) is 8.03. The first-order chi connectivity index (χ1) is 11.7. The number of esters is 1. The van der Waals surface area contributed by atoms with Gasteiger partial charge in [0, 0.05) is 10.8 Å². The molecule has 4 nitrogen and oxygen atoms in total. The van der Waals surface area contributed by atoms with E-state index in [9.17, 15) is 9.59 Å². The molecule has 0 radical (unpaired) electrons. The highest BCUT2D eigenvalue weighted by Gasteiger charge is 2.34. The van der Waals surface area contributed by atoms with Crippen molar-refractivity contribution in [3.8, 4) is 0 Å². The summed E-state index contributed by atoms with van der Waals surface area (Å²) in [6, 6.07) is 0. The highest BCUT2D eigenvalue weighted by molar-refractivity contribution is 7.17. The number of hydrogen-bond acceptors (Lipinski definition) is 4. The molecule has 1 aliphatic carbocycles. The number of carbonyl (C=O) groups is 2. The first kappa shape index (κ1) is 20.0. The van der Waals surface area contributed by atoms with E-state index in [0.717, 1.165) is 31.2 Å². The Morgan fingerprint density at radius 1 is 1.32 bits per heavy atom. The van der Waals surface area contributed by atoms with Crippen molar-refractivity contribution in [1.29, 1.82) is 0 Å². The van der Waals surface area contributed by atoms with Gasteiger partial charge in [-0.2, -0.15) is 0 Å². The van der Waals surface area contributed by atoms with Crippen molar-refractivity contribution in [2.24, 2.45) is 17.3 Å². The number of amides is 1. The van der Waals surface area contributed by atoms with E-state index in [1.807, 2.05) is 20.8 Å². The van der Waals surface area contributed by atoms with E-state index in [1.165, 1.54) is 4.88 Å². The molecule has 0 bridgehead atoms. The Labute approximate surface area is 155 Å². The van der Waals surface area contributed by atoms with Crippen LogP contribution in [0.25, 0.3) is 0 Å². The second-order valence-corrected chi connectivity index (χ2v) is 9.14. The van der Waals surface area contributed by atoms with Gasteiger partial charge >= 0.3 is 5.97 Å². The average Bonchev–Trinajstić information content (AvgIpc) is 2.90. The lowest BCUT2D eigenvalue weighted by Crippen LogP contribution is -2.26. The molecule has 1 amide bonds. The van der Waals surface area contributed by atoms with Crippen LogP contribution < -0.4 is 5.32 Å². The van der Waals surface area contributed by atoms with Gasteiger partial charge < -0.3 is 10.1 Å². The Hall–Kier alpha value is -1.36. The van der Waals surface area contributed by atoms with Crippen LogP contribution in [0.1, 0.15) is 75.2 Å². The fraction of sp³-hybridized carbons (Fsp3) is 0.700. The fourth-order valence-electron chi connectivity index (χ4n) is 3.25. The van der Waals surface area contributed by atoms with Crippen molar-refractivity contribution in [3.63, 3.8) is 0 Å². The molecule has 1 aliphatic rings. The molecule has 0 spiro atoms. The Bertz CT molecular complexity index is 642. The van der Waals surface area contributed by atoms with Gasteiger partial charge in [0.15, 0.2) is 0 Å². The fourth-order valence-corrected chi connectivity index (χ4v) is 4.57. The van der Waals surface area contributed by atoms with Gasteiger partial charge in [-0.1, -0.05) is 34.6 Å². The molecule has 1 N–H and O–H groups in total. The van der Waals surface area contributed by atoms with Gasteiger partial charge in [0.05, 0.1) is 12.2 Å². The van der Waals surface area contributed by atoms with Gasteiger partial charge in [-0.05, 0) is 49.5 Å². The van der Waals surface area contributed by atoms with Crippen LogP contribution in [0.2, 0.25) is 0 Å². The summed E-state index contributed by atoms with van der Waals surface area (Å²) < 4.78 is 5.27. The summed E-state index contributed by atoms with van der Waals surface area (Å²) in [4.78, 5) is 26.1. The number of anilines is 1. The first-order valence-electron chi connectivity index (χ1n) is 9.31. The molecule has 1 heterocycles. The van der Waals surface area contributed by atoms with Crippen LogP contribution in [0, 0.1) is 17.3 Å². The van der Waals surface area contributed by atoms with Gasteiger partial charge in [-0.25, -0.2) is 4.79 Å². The molecular formula is C20H31NO3S. The van der Waals surface area contributed by atoms with Gasteiger partial charge in [0.2, 0.25) is 5.91 Å². The Morgan fingerprint density at radius 3 is 2.56 bits per heavy atom.